The minimum absolute atomic E-state index is 0.0890. The molecule has 0 aliphatic carbocycles. The third kappa shape index (κ3) is 5.50. The summed E-state index contributed by atoms with van der Waals surface area (Å²) in [5.74, 6) is -0.0890. The Morgan fingerprint density at radius 3 is 2.45 bits per heavy atom. The van der Waals surface area contributed by atoms with Gasteiger partial charge in [0.1, 0.15) is 0 Å². The Morgan fingerprint density at radius 2 is 1.76 bits per heavy atom. The van der Waals surface area contributed by atoms with E-state index in [1.807, 2.05) is 54.8 Å². The molecule has 0 atom stereocenters. The fourth-order valence-electron chi connectivity index (χ4n) is 3.91. The van der Waals surface area contributed by atoms with Crippen LogP contribution >= 0.6 is 11.3 Å². The van der Waals surface area contributed by atoms with Crippen LogP contribution in [0.3, 0.4) is 0 Å². The standard InChI is InChI=1S/C24H28N4O3S2/c1-19-9-11-23(12-10-19)33(30,31)27-14-6-13-26(15-16-27)17-21-18-32-24(25-21)28(20(2)29)22-7-4-3-5-8-22/h3-5,7-12,18H,6,13-17H2,1-2H3. The Balaban J connectivity index is 1.42. The molecule has 1 aliphatic heterocycles. The smallest absolute Gasteiger partial charge is 0.243 e. The summed E-state index contributed by atoms with van der Waals surface area (Å²) >= 11 is 1.44. The van der Waals surface area contributed by atoms with E-state index in [4.69, 9.17) is 4.98 Å². The second kappa shape index (κ2) is 10.1. The Labute approximate surface area is 199 Å². The molecule has 174 valence electrons. The molecule has 1 saturated heterocycles. The molecule has 4 rings (SSSR count). The number of benzene rings is 2. The number of hydrogen-bond donors (Lipinski definition) is 0. The number of sulfonamides is 1. The van der Waals surface area contributed by atoms with E-state index >= 15 is 0 Å². The van der Waals surface area contributed by atoms with Crippen LogP contribution in [0.5, 0.6) is 0 Å². The van der Waals surface area contributed by atoms with E-state index in [1.54, 1.807) is 21.3 Å². The SMILES string of the molecule is CC(=O)N(c1ccccc1)c1nc(CN2CCCN(S(=O)(=O)c3ccc(C)cc3)CC2)cs1. The van der Waals surface area contributed by atoms with Gasteiger partial charge in [-0.2, -0.15) is 4.31 Å². The van der Waals surface area contributed by atoms with E-state index in [1.165, 1.54) is 18.3 Å². The van der Waals surface area contributed by atoms with Gasteiger partial charge in [0.2, 0.25) is 15.9 Å². The number of amides is 1. The molecule has 0 saturated carbocycles. The first-order valence-electron chi connectivity index (χ1n) is 10.9. The third-order valence-electron chi connectivity index (χ3n) is 5.65. The van der Waals surface area contributed by atoms with Crippen LogP contribution in [0.2, 0.25) is 0 Å². The van der Waals surface area contributed by atoms with E-state index in [0.717, 1.165) is 29.9 Å². The average Bonchev–Trinajstić information content (AvgIpc) is 3.10. The normalized spacial score (nSPS) is 15.8. The van der Waals surface area contributed by atoms with Crippen molar-refractivity contribution in [2.45, 2.75) is 31.7 Å². The Bertz CT molecular complexity index is 1190. The first-order valence-corrected chi connectivity index (χ1v) is 13.3. The highest BCUT2D eigenvalue weighted by atomic mass is 32.2. The van der Waals surface area contributed by atoms with Gasteiger partial charge in [0, 0.05) is 38.5 Å². The molecule has 1 aliphatic rings. The molecule has 2 heterocycles. The molecule has 0 bridgehead atoms. The number of hydrogen-bond acceptors (Lipinski definition) is 6. The summed E-state index contributed by atoms with van der Waals surface area (Å²) in [6.07, 6.45) is 0.756. The van der Waals surface area contributed by atoms with Crippen molar-refractivity contribution in [3.8, 4) is 0 Å². The van der Waals surface area contributed by atoms with Crippen molar-refractivity contribution in [3.05, 3.63) is 71.2 Å². The maximum atomic E-state index is 13.1. The number of aromatic nitrogens is 1. The van der Waals surface area contributed by atoms with Crippen molar-refractivity contribution in [1.82, 2.24) is 14.2 Å². The van der Waals surface area contributed by atoms with E-state index in [9.17, 15) is 13.2 Å². The maximum absolute atomic E-state index is 13.1. The predicted molar refractivity (Wildman–Crippen MR) is 131 cm³/mol. The van der Waals surface area contributed by atoms with Gasteiger partial charge in [0.05, 0.1) is 16.3 Å². The summed E-state index contributed by atoms with van der Waals surface area (Å²) in [7, 11) is -3.50. The largest absolute Gasteiger partial charge is 0.296 e. The van der Waals surface area contributed by atoms with Gasteiger partial charge >= 0.3 is 0 Å². The minimum Gasteiger partial charge on any atom is -0.296 e. The number of carbonyl (C=O) groups is 1. The van der Waals surface area contributed by atoms with E-state index in [2.05, 4.69) is 4.90 Å². The zero-order valence-electron chi connectivity index (χ0n) is 18.8. The number of carbonyl (C=O) groups excluding carboxylic acids is 1. The van der Waals surface area contributed by atoms with Crippen molar-refractivity contribution in [1.29, 1.82) is 0 Å². The van der Waals surface area contributed by atoms with Gasteiger partial charge in [-0.3, -0.25) is 14.6 Å². The molecular formula is C24H28N4O3S2. The number of aryl methyl sites for hydroxylation is 1. The highest BCUT2D eigenvalue weighted by Gasteiger charge is 2.27. The first-order chi connectivity index (χ1) is 15.8. The Hall–Kier alpha value is -2.59. The van der Waals surface area contributed by atoms with Crippen LogP contribution < -0.4 is 4.90 Å². The van der Waals surface area contributed by atoms with Crippen LogP contribution in [0, 0.1) is 6.92 Å². The quantitative estimate of drug-likeness (QED) is 0.528. The third-order valence-corrected chi connectivity index (χ3v) is 8.44. The lowest BCUT2D eigenvalue weighted by Gasteiger charge is -2.21. The van der Waals surface area contributed by atoms with Gasteiger partial charge in [-0.15, -0.1) is 11.3 Å². The molecule has 1 aromatic heterocycles. The number of thiazole rings is 1. The van der Waals surface area contributed by atoms with Gasteiger partial charge in [-0.25, -0.2) is 13.4 Å². The number of nitrogens with zero attached hydrogens (tertiary/aromatic N) is 4. The highest BCUT2D eigenvalue weighted by Crippen LogP contribution is 2.29. The fourth-order valence-corrected chi connectivity index (χ4v) is 6.26. The number of anilines is 2. The summed E-state index contributed by atoms with van der Waals surface area (Å²) in [6, 6.07) is 16.5. The van der Waals surface area contributed by atoms with E-state index < -0.39 is 10.0 Å². The Morgan fingerprint density at radius 1 is 1.03 bits per heavy atom. The minimum atomic E-state index is -3.50. The lowest BCUT2D eigenvalue weighted by molar-refractivity contribution is -0.115. The summed E-state index contributed by atoms with van der Waals surface area (Å²) in [5.41, 5.74) is 2.71. The molecule has 7 nitrogen and oxygen atoms in total. The summed E-state index contributed by atoms with van der Waals surface area (Å²) in [4.78, 5) is 21.2. The van der Waals surface area contributed by atoms with Crippen LogP contribution in [-0.2, 0) is 21.4 Å². The number of rotatable bonds is 6. The van der Waals surface area contributed by atoms with Crippen LogP contribution in [0.25, 0.3) is 0 Å². The zero-order valence-corrected chi connectivity index (χ0v) is 20.5. The van der Waals surface area contributed by atoms with Gasteiger partial charge in [-0.05, 0) is 44.2 Å². The summed E-state index contributed by atoms with van der Waals surface area (Å²) in [6.45, 7) is 6.47. The molecule has 0 unspecified atom stereocenters. The average molecular weight is 485 g/mol. The molecule has 0 spiro atoms. The van der Waals surface area contributed by atoms with Crippen molar-refractivity contribution in [2.24, 2.45) is 0 Å². The second-order valence-corrected chi connectivity index (χ2v) is 10.9. The summed E-state index contributed by atoms with van der Waals surface area (Å²) in [5, 5.41) is 2.61. The van der Waals surface area contributed by atoms with Crippen LogP contribution in [-0.4, -0.2) is 54.7 Å². The van der Waals surface area contributed by atoms with Crippen LogP contribution in [0.15, 0.2) is 64.9 Å². The maximum Gasteiger partial charge on any atom is 0.243 e. The van der Waals surface area contributed by atoms with Crippen molar-refractivity contribution in [3.63, 3.8) is 0 Å². The molecule has 33 heavy (non-hydrogen) atoms. The first kappa shape index (κ1) is 23.6. The molecule has 1 amide bonds. The van der Waals surface area contributed by atoms with Gasteiger partial charge in [-0.1, -0.05) is 35.9 Å². The van der Waals surface area contributed by atoms with Gasteiger partial charge < -0.3 is 0 Å². The second-order valence-electron chi connectivity index (χ2n) is 8.16. The molecular weight excluding hydrogens is 456 g/mol. The topological polar surface area (TPSA) is 73.8 Å². The fraction of sp³-hybridized carbons (Fsp3) is 0.333. The van der Waals surface area contributed by atoms with Gasteiger partial charge in [0.15, 0.2) is 5.13 Å². The molecule has 0 N–H and O–H groups in total. The molecule has 2 aromatic carbocycles. The molecule has 3 aromatic rings. The van der Waals surface area contributed by atoms with Crippen LogP contribution in [0.4, 0.5) is 10.8 Å². The lowest BCUT2D eigenvalue weighted by Crippen LogP contribution is -2.35. The van der Waals surface area contributed by atoms with Crippen molar-refractivity contribution >= 4 is 38.1 Å². The van der Waals surface area contributed by atoms with E-state index in [0.29, 0.717) is 36.2 Å². The lowest BCUT2D eigenvalue weighted by atomic mass is 10.2. The van der Waals surface area contributed by atoms with E-state index in [-0.39, 0.29) is 5.91 Å². The van der Waals surface area contributed by atoms with Gasteiger partial charge in [0.25, 0.3) is 0 Å². The molecule has 9 heteroatoms. The zero-order chi connectivity index (χ0) is 23.4. The van der Waals surface area contributed by atoms with Crippen molar-refractivity contribution < 1.29 is 13.2 Å². The van der Waals surface area contributed by atoms with Crippen LogP contribution in [0.1, 0.15) is 24.6 Å². The monoisotopic (exact) mass is 484 g/mol. The van der Waals surface area contributed by atoms with Crippen molar-refractivity contribution in [2.75, 3.05) is 31.1 Å². The molecule has 0 radical (unpaired) electrons. The predicted octanol–water partition coefficient (Wildman–Crippen LogP) is 4.03. The Kier molecular flexibility index (Phi) is 7.23. The number of para-hydroxylation sites is 1. The highest BCUT2D eigenvalue weighted by molar-refractivity contribution is 7.89. The summed E-state index contributed by atoms with van der Waals surface area (Å²) < 4.78 is 27.7. The molecule has 1 fully saturated rings.